The number of nitrogens with zero attached hydrogens (tertiary/aromatic N) is 1. The van der Waals surface area contributed by atoms with E-state index in [-0.39, 0.29) is 0 Å². The summed E-state index contributed by atoms with van der Waals surface area (Å²) in [4.78, 5) is 2.30. The fraction of sp³-hybridized carbons (Fsp3) is 0. The number of rotatable bonds is 7. The van der Waals surface area contributed by atoms with E-state index in [2.05, 4.69) is 163 Å². The molecule has 2 heterocycles. The second-order valence-electron chi connectivity index (χ2n) is 14.2. The lowest BCUT2D eigenvalue weighted by atomic mass is 10.00. The van der Waals surface area contributed by atoms with E-state index in [1.165, 1.54) is 16.7 Å². The van der Waals surface area contributed by atoms with Crippen molar-refractivity contribution in [3.05, 3.63) is 230 Å². The van der Waals surface area contributed by atoms with Crippen molar-refractivity contribution in [1.82, 2.24) is 0 Å². The van der Waals surface area contributed by atoms with E-state index in [0.29, 0.717) is 0 Å². The van der Waals surface area contributed by atoms with Crippen LogP contribution in [0, 0.1) is 0 Å². The van der Waals surface area contributed by atoms with Gasteiger partial charge in [0.25, 0.3) is 0 Å². The first kappa shape index (κ1) is 33.9. The lowest BCUT2D eigenvalue weighted by Crippen LogP contribution is -2.10. The van der Waals surface area contributed by atoms with Gasteiger partial charge in [-0.2, -0.15) is 0 Å². The van der Waals surface area contributed by atoms with E-state index in [4.69, 9.17) is 9.15 Å². The number of hydrogen-bond acceptors (Lipinski definition) is 3. The molecule has 0 unspecified atom stereocenters. The average molecular weight is 732 g/mol. The number of benzene rings is 8. The van der Waals surface area contributed by atoms with Gasteiger partial charge in [-0.1, -0.05) is 152 Å². The molecule has 10 rings (SSSR count). The number of fused-ring (bicyclic) bond motifs is 4. The van der Waals surface area contributed by atoms with Gasteiger partial charge in [-0.25, -0.2) is 0 Å². The van der Waals surface area contributed by atoms with Gasteiger partial charge in [0.1, 0.15) is 22.7 Å². The topological polar surface area (TPSA) is 25.6 Å². The third kappa shape index (κ3) is 6.52. The van der Waals surface area contributed by atoms with E-state index in [0.717, 1.165) is 83.9 Å². The molecule has 0 aliphatic carbocycles. The Hall–Kier alpha value is -7.62. The third-order valence-corrected chi connectivity index (χ3v) is 10.7. The zero-order chi connectivity index (χ0) is 38.1. The predicted octanol–water partition coefficient (Wildman–Crippen LogP) is 15.1. The van der Waals surface area contributed by atoms with Crippen LogP contribution in [0.25, 0.3) is 66.7 Å². The molecule has 0 bridgehead atoms. The summed E-state index contributed by atoms with van der Waals surface area (Å²) >= 11 is 0. The highest BCUT2D eigenvalue weighted by molar-refractivity contribution is 6.09. The van der Waals surface area contributed by atoms with Gasteiger partial charge in [0.15, 0.2) is 0 Å². The number of allylic oxidation sites excluding steroid dienone is 4. The lowest BCUT2D eigenvalue weighted by Gasteiger charge is -2.26. The monoisotopic (exact) mass is 731 g/mol. The summed E-state index contributed by atoms with van der Waals surface area (Å²) in [7, 11) is 0. The molecule has 0 spiro atoms. The first-order chi connectivity index (χ1) is 28.2. The molecule has 0 fully saturated rings. The van der Waals surface area contributed by atoms with Crippen LogP contribution in [-0.4, -0.2) is 0 Å². The van der Waals surface area contributed by atoms with Crippen LogP contribution in [0.15, 0.2) is 223 Å². The van der Waals surface area contributed by atoms with Gasteiger partial charge in [-0.3, -0.25) is 0 Å². The second kappa shape index (κ2) is 14.6. The molecule has 0 amide bonds. The second-order valence-corrected chi connectivity index (χ2v) is 14.2. The van der Waals surface area contributed by atoms with Crippen LogP contribution >= 0.6 is 0 Å². The van der Waals surface area contributed by atoms with Crippen molar-refractivity contribution < 1.29 is 9.15 Å². The van der Waals surface area contributed by atoms with Gasteiger partial charge in [0.05, 0.1) is 0 Å². The lowest BCUT2D eigenvalue weighted by molar-refractivity contribution is 0.513. The quantitative estimate of drug-likeness (QED) is 0.163. The minimum Gasteiger partial charge on any atom is -0.456 e. The number of furan rings is 1. The standard InChI is InChI=1S/C54H37NO2/c1-37-11-9-20-51(56-52-18-7-5-14-47(37)52)43-29-35-46(36-30-43)55(44-31-25-41(26-32-44)40-23-21-39(22-24-40)38-12-3-2-4-13-38)45-33-27-42(28-34-45)48-16-10-17-50-49-15-6-8-19-53(49)57-54(48)50/h2-36H,1H2/b11-9-,51-20-. The molecular weight excluding hydrogens is 695 g/mol. The van der Waals surface area contributed by atoms with Gasteiger partial charge < -0.3 is 14.1 Å². The molecule has 1 aliphatic rings. The molecule has 270 valence electrons. The molecular formula is C54H37NO2. The predicted molar refractivity (Wildman–Crippen MR) is 238 cm³/mol. The zero-order valence-corrected chi connectivity index (χ0v) is 31.2. The Morgan fingerprint density at radius 3 is 1.60 bits per heavy atom. The highest BCUT2D eigenvalue weighted by Gasteiger charge is 2.17. The van der Waals surface area contributed by atoms with Crippen molar-refractivity contribution in [3.8, 4) is 39.1 Å². The van der Waals surface area contributed by atoms with Crippen LogP contribution in [0.4, 0.5) is 17.1 Å². The van der Waals surface area contributed by atoms with E-state index < -0.39 is 0 Å². The molecule has 3 heteroatoms. The smallest absolute Gasteiger partial charge is 0.143 e. The van der Waals surface area contributed by atoms with Crippen molar-refractivity contribution in [2.75, 3.05) is 4.90 Å². The van der Waals surface area contributed by atoms with Crippen molar-refractivity contribution >= 4 is 50.3 Å². The van der Waals surface area contributed by atoms with Crippen molar-refractivity contribution in [2.45, 2.75) is 0 Å². The molecule has 0 radical (unpaired) electrons. The largest absolute Gasteiger partial charge is 0.456 e. The van der Waals surface area contributed by atoms with Crippen LogP contribution in [0.5, 0.6) is 5.75 Å². The Labute approximate surface area is 332 Å². The van der Waals surface area contributed by atoms with E-state index in [9.17, 15) is 0 Å². The maximum Gasteiger partial charge on any atom is 0.143 e. The SMILES string of the molecule is C=C1/C=C\C=C(\c2ccc(N(c3ccc(-c4ccc(-c5ccccc5)cc4)cc3)c3ccc(-c4cccc5c4oc4ccccc45)cc3)cc2)Oc2ccccc21. The highest BCUT2D eigenvalue weighted by Crippen LogP contribution is 2.40. The minimum atomic E-state index is 0.774. The summed E-state index contributed by atoms with van der Waals surface area (Å²) < 4.78 is 12.9. The van der Waals surface area contributed by atoms with Crippen molar-refractivity contribution in [3.63, 3.8) is 0 Å². The molecule has 8 aromatic carbocycles. The third-order valence-electron chi connectivity index (χ3n) is 10.7. The van der Waals surface area contributed by atoms with Gasteiger partial charge in [-0.15, -0.1) is 0 Å². The number of ether oxygens (including phenoxy) is 1. The summed E-state index contributed by atoms with van der Waals surface area (Å²) in [6.45, 7) is 4.22. The summed E-state index contributed by atoms with van der Waals surface area (Å²) in [5.41, 5.74) is 14.7. The number of anilines is 3. The maximum absolute atomic E-state index is 6.48. The van der Waals surface area contributed by atoms with Crippen molar-refractivity contribution in [1.29, 1.82) is 0 Å². The average Bonchev–Trinajstić information content (AvgIpc) is 3.66. The normalized spacial score (nSPS) is 13.9. The Morgan fingerprint density at radius 2 is 0.912 bits per heavy atom. The van der Waals surface area contributed by atoms with Crippen LogP contribution in [0.3, 0.4) is 0 Å². The molecule has 57 heavy (non-hydrogen) atoms. The van der Waals surface area contributed by atoms with Gasteiger partial charge >= 0.3 is 0 Å². The molecule has 0 atom stereocenters. The Kier molecular flexibility index (Phi) is 8.66. The first-order valence-corrected chi connectivity index (χ1v) is 19.2. The Bertz CT molecular complexity index is 2950. The first-order valence-electron chi connectivity index (χ1n) is 19.2. The van der Waals surface area contributed by atoms with Crippen molar-refractivity contribution in [2.24, 2.45) is 0 Å². The molecule has 0 saturated carbocycles. The minimum absolute atomic E-state index is 0.774. The van der Waals surface area contributed by atoms with Gasteiger partial charge in [-0.05, 0) is 100 Å². The Morgan fingerprint density at radius 1 is 0.404 bits per heavy atom. The molecule has 0 N–H and O–H groups in total. The van der Waals surface area contributed by atoms with E-state index >= 15 is 0 Å². The van der Waals surface area contributed by atoms with Crippen LogP contribution in [0.1, 0.15) is 11.1 Å². The fourth-order valence-electron chi connectivity index (χ4n) is 7.75. The number of hydrogen-bond donors (Lipinski definition) is 0. The van der Waals surface area contributed by atoms with E-state index in [1.807, 2.05) is 60.7 Å². The van der Waals surface area contributed by atoms with Gasteiger partial charge in [0.2, 0.25) is 0 Å². The van der Waals surface area contributed by atoms with Crippen LogP contribution in [-0.2, 0) is 0 Å². The molecule has 0 saturated heterocycles. The van der Waals surface area contributed by atoms with Crippen LogP contribution < -0.4 is 9.64 Å². The summed E-state index contributed by atoms with van der Waals surface area (Å²) in [6, 6.07) is 68.0. The summed E-state index contributed by atoms with van der Waals surface area (Å²) in [6.07, 6.45) is 6.02. The highest BCUT2D eigenvalue weighted by atomic mass is 16.5. The van der Waals surface area contributed by atoms with Crippen LogP contribution in [0.2, 0.25) is 0 Å². The maximum atomic E-state index is 6.48. The van der Waals surface area contributed by atoms with E-state index in [1.54, 1.807) is 0 Å². The molecule has 9 aromatic rings. The molecule has 1 aliphatic heterocycles. The van der Waals surface area contributed by atoms with Gasteiger partial charge in [0, 0.05) is 44.5 Å². The Balaban J connectivity index is 1.01. The summed E-state index contributed by atoms with van der Waals surface area (Å²) in [5, 5.41) is 2.25. The molecule has 1 aromatic heterocycles. The molecule has 3 nitrogen and oxygen atoms in total. The fourth-order valence-corrected chi connectivity index (χ4v) is 7.75. The summed E-state index contributed by atoms with van der Waals surface area (Å²) in [5.74, 6) is 1.56. The zero-order valence-electron chi connectivity index (χ0n) is 31.2. The number of para-hydroxylation sites is 3.